The maximum absolute atomic E-state index is 11.9. The van der Waals surface area contributed by atoms with Gasteiger partial charge in [-0.1, -0.05) is 25.0 Å². The lowest BCUT2D eigenvalue weighted by Crippen LogP contribution is -2.20. The first-order valence-corrected chi connectivity index (χ1v) is 6.18. The Hall–Kier alpha value is -1.35. The van der Waals surface area contributed by atoms with Crippen molar-refractivity contribution < 1.29 is 9.53 Å². The fraction of sp³-hybridized carbons (Fsp3) is 0.500. The van der Waals surface area contributed by atoms with Crippen LogP contribution in [0.1, 0.15) is 31.2 Å². The summed E-state index contributed by atoms with van der Waals surface area (Å²) in [4.78, 5) is 11.9. The van der Waals surface area contributed by atoms with Crippen molar-refractivity contribution in [1.29, 1.82) is 0 Å². The van der Waals surface area contributed by atoms with Crippen LogP contribution in [0.5, 0.6) is 0 Å². The van der Waals surface area contributed by atoms with Crippen LogP contribution in [0.2, 0.25) is 0 Å². The summed E-state index contributed by atoms with van der Waals surface area (Å²) in [6.07, 6.45) is 4.44. The van der Waals surface area contributed by atoms with E-state index in [1.807, 2.05) is 24.3 Å². The molecule has 0 radical (unpaired) electrons. The fourth-order valence-electron chi connectivity index (χ4n) is 2.28. The molecule has 0 atom stereocenters. The molecule has 0 spiro atoms. The molecule has 0 bridgehead atoms. The second kappa shape index (κ2) is 5.82. The Kier molecular flexibility index (Phi) is 4.15. The lowest BCUT2D eigenvalue weighted by atomic mass is 10.1. The van der Waals surface area contributed by atoms with Gasteiger partial charge in [-0.2, -0.15) is 0 Å². The summed E-state index contributed by atoms with van der Waals surface area (Å²) in [5, 5.41) is 2.97. The maximum atomic E-state index is 11.9. The molecule has 2 rings (SSSR count). The zero-order chi connectivity index (χ0) is 12.1. The highest BCUT2D eigenvalue weighted by Gasteiger charge is 2.22. The predicted octanol–water partition coefficient (Wildman–Crippen LogP) is 2.96. The SMILES string of the molecule is COCc1ccc(NC(=O)C2CCCC2)cc1. The number of methoxy groups -OCH3 is 1. The Morgan fingerprint density at radius 1 is 1.29 bits per heavy atom. The van der Waals surface area contributed by atoms with E-state index in [0.29, 0.717) is 6.61 Å². The molecule has 1 amide bonds. The van der Waals surface area contributed by atoms with E-state index < -0.39 is 0 Å². The Morgan fingerprint density at radius 2 is 1.94 bits per heavy atom. The van der Waals surface area contributed by atoms with Crippen LogP contribution in [-0.4, -0.2) is 13.0 Å². The Morgan fingerprint density at radius 3 is 2.53 bits per heavy atom. The molecule has 1 fully saturated rings. The van der Waals surface area contributed by atoms with E-state index in [2.05, 4.69) is 5.32 Å². The summed E-state index contributed by atoms with van der Waals surface area (Å²) in [5.74, 6) is 0.385. The van der Waals surface area contributed by atoms with Crippen molar-refractivity contribution in [3.05, 3.63) is 29.8 Å². The van der Waals surface area contributed by atoms with Gasteiger partial charge in [0.05, 0.1) is 6.61 Å². The highest BCUT2D eigenvalue weighted by Crippen LogP contribution is 2.26. The third-order valence-electron chi connectivity index (χ3n) is 3.26. The van der Waals surface area contributed by atoms with Gasteiger partial charge in [-0.15, -0.1) is 0 Å². The normalized spacial score (nSPS) is 16.1. The third kappa shape index (κ3) is 3.30. The lowest BCUT2D eigenvalue weighted by Gasteiger charge is -2.10. The van der Waals surface area contributed by atoms with Crippen LogP contribution >= 0.6 is 0 Å². The topological polar surface area (TPSA) is 38.3 Å². The van der Waals surface area contributed by atoms with Crippen molar-refractivity contribution in [3.63, 3.8) is 0 Å². The summed E-state index contributed by atoms with van der Waals surface area (Å²) in [5.41, 5.74) is 1.99. The summed E-state index contributed by atoms with van der Waals surface area (Å²) < 4.78 is 5.04. The zero-order valence-corrected chi connectivity index (χ0v) is 10.2. The average molecular weight is 233 g/mol. The van der Waals surface area contributed by atoms with Gasteiger partial charge in [0.25, 0.3) is 0 Å². The van der Waals surface area contributed by atoms with Crippen molar-refractivity contribution in [2.75, 3.05) is 12.4 Å². The van der Waals surface area contributed by atoms with Crippen LogP contribution in [0, 0.1) is 5.92 Å². The smallest absolute Gasteiger partial charge is 0.227 e. The van der Waals surface area contributed by atoms with Crippen molar-refractivity contribution in [3.8, 4) is 0 Å². The van der Waals surface area contributed by atoms with E-state index in [9.17, 15) is 4.79 Å². The summed E-state index contributed by atoms with van der Waals surface area (Å²) in [6, 6.07) is 7.82. The highest BCUT2D eigenvalue weighted by molar-refractivity contribution is 5.92. The van der Waals surface area contributed by atoms with Gasteiger partial charge in [-0.25, -0.2) is 0 Å². The molecule has 1 aromatic rings. The van der Waals surface area contributed by atoms with Crippen LogP contribution in [0.3, 0.4) is 0 Å². The molecule has 0 saturated heterocycles. The van der Waals surface area contributed by atoms with E-state index >= 15 is 0 Å². The molecule has 1 saturated carbocycles. The number of benzene rings is 1. The van der Waals surface area contributed by atoms with E-state index in [4.69, 9.17) is 4.74 Å². The van der Waals surface area contributed by atoms with Gasteiger partial charge in [0, 0.05) is 18.7 Å². The van der Waals surface area contributed by atoms with Crippen molar-refractivity contribution >= 4 is 11.6 Å². The van der Waals surface area contributed by atoms with E-state index in [1.54, 1.807) is 7.11 Å². The van der Waals surface area contributed by atoms with E-state index in [0.717, 1.165) is 24.1 Å². The summed E-state index contributed by atoms with van der Waals surface area (Å²) >= 11 is 0. The summed E-state index contributed by atoms with van der Waals surface area (Å²) in [7, 11) is 1.68. The number of carbonyl (C=O) groups is 1. The Bertz CT molecular complexity index is 366. The second-order valence-corrected chi connectivity index (χ2v) is 4.60. The minimum atomic E-state index is 0.169. The van der Waals surface area contributed by atoms with E-state index in [1.165, 1.54) is 12.8 Å². The van der Waals surface area contributed by atoms with Crippen LogP contribution in [0.25, 0.3) is 0 Å². The molecule has 0 unspecified atom stereocenters. The number of rotatable bonds is 4. The molecule has 3 nitrogen and oxygen atoms in total. The van der Waals surface area contributed by atoms with Gasteiger partial charge in [0.15, 0.2) is 0 Å². The fourth-order valence-corrected chi connectivity index (χ4v) is 2.28. The molecule has 1 aromatic carbocycles. The molecule has 1 N–H and O–H groups in total. The molecule has 0 aromatic heterocycles. The molecular weight excluding hydrogens is 214 g/mol. The molecule has 17 heavy (non-hydrogen) atoms. The van der Waals surface area contributed by atoms with Gasteiger partial charge in [-0.05, 0) is 30.5 Å². The van der Waals surface area contributed by atoms with Crippen molar-refractivity contribution in [1.82, 2.24) is 0 Å². The lowest BCUT2D eigenvalue weighted by molar-refractivity contribution is -0.119. The van der Waals surface area contributed by atoms with Gasteiger partial charge in [0.1, 0.15) is 0 Å². The van der Waals surface area contributed by atoms with Crippen LogP contribution < -0.4 is 5.32 Å². The zero-order valence-electron chi connectivity index (χ0n) is 10.2. The van der Waals surface area contributed by atoms with Crippen LogP contribution in [-0.2, 0) is 16.1 Å². The molecule has 1 aliphatic carbocycles. The minimum absolute atomic E-state index is 0.169. The van der Waals surface area contributed by atoms with Gasteiger partial charge < -0.3 is 10.1 Å². The number of ether oxygens (including phenoxy) is 1. The second-order valence-electron chi connectivity index (χ2n) is 4.60. The molecule has 0 aliphatic heterocycles. The highest BCUT2D eigenvalue weighted by atomic mass is 16.5. The third-order valence-corrected chi connectivity index (χ3v) is 3.26. The maximum Gasteiger partial charge on any atom is 0.227 e. The Balaban J connectivity index is 1.91. The molecule has 1 aliphatic rings. The number of hydrogen-bond acceptors (Lipinski definition) is 2. The quantitative estimate of drug-likeness (QED) is 0.868. The van der Waals surface area contributed by atoms with Gasteiger partial charge in [-0.3, -0.25) is 4.79 Å². The molecule has 0 heterocycles. The van der Waals surface area contributed by atoms with E-state index in [-0.39, 0.29) is 11.8 Å². The average Bonchev–Trinajstić information content (AvgIpc) is 2.86. The molecule has 3 heteroatoms. The van der Waals surface area contributed by atoms with Gasteiger partial charge >= 0.3 is 0 Å². The first-order chi connectivity index (χ1) is 8.29. The van der Waals surface area contributed by atoms with Crippen molar-refractivity contribution in [2.45, 2.75) is 32.3 Å². The number of amides is 1. The Labute approximate surface area is 102 Å². The number of anilines is 1. The standard InChI is InChI=1S/C14H19NO2/c1-17-10-11-6-8-13(9-7-11)15-14(16)12-4-2-3-5-12/h6-9,12H,2-5,10H2,1H3,(H,15,16). The summed E-state index contributed by atoms with van der Waals surface area (Å²) in [6.45, 7) is 0.608. The van der Waals surface area contributed by atoms with Crippen LogP contribution in [0.15, 0.2) is 24.3 Å². The van der Waals surface area contributed by atoms with Crippen molar-refractivity contribution in [2.24, 2.45) is 5.92 Å². The van der Waals surface area contributed by atoms with Crippen LogP contribution in [0.4, 0.5) is 5.69 Å². The number of nitrogens with one attached hydrogen (secondary N) is 1. The number of carbonyl (C=O) groups excluding carboxylic acids is 1. The predicted molar refractivity (Wildman–Crippen MR) is 67.7 cm³/mol. The first-order valence-electron chi connectivity index (χ1n) is 6.18. The molecular formula is C14H19NO2. The monoisotopic (exact) mass is 233 g/mol. The first kappa shape index (κ1) is 12.1. The largest absolute Gasteiger partial charge is 0.380 e. The minimum Gasteiger partial charge on any atom is -0.380 e. The molecule has 92 valence electrons. The number of hydrogen-bond donors (Lipinski definition) is 1. The van der Waals surface area contributed by atoms with Gasteiger partial charge in [0.2, 0.25) is 5.91 Å².